The lowest BCUT2D eigenvalue weighted by molar-refractivity contribution is 0.102. The summed E-state index contributed by atoms with van der Waals surface area (Å²) in [6.07, 6.45) is 1.40. The van der Waals surface area contributed by atoms with Crippen LogP contribution in [-0.4, -0.2) is 23.9 Å². The van der Waals surface area contributed by atoms with Crippen LogP contribution < -0.4 is 15.4 Å². The third-order valence-corrected chi connectivity index (χ3v) is 3.85. The first-order chi connectivity index (χ1) is 13.6. The van der Waals surface area contributed by atoms with E-state index in [2.05, 4.69) is 15.6 Å². The summed E-state index contributed by atoms with van der Waals surface area (Å²) >= 11 is 0. The maximum atomic E-state index is 12.5. The molecule has 7 heteroatoms. The Kier molecular flexibility index (Phi) is 5.63. The first kappa shape index (κ1) is 18.6. The molecule has 0 aliphatic rings. The zero-order valence-electron chi connectivity index (χ0n) is 15.0. The van der Waals surface area contributed by atoms with Crippen LogP contribution >= 0.6 is 0 Å². The summed E-state index contributed by atoms with van der Waals surface area (Å²) in [5.74, 6) is -0.209. The topological polar surface area (TPSA) is 104 Å². The van der Waals surface area contributed by atoms with E-state index < -0.39 is 5.91 Å². The average Bonchev–Trinajstić information content (AvgIpc) is 2.74. The molecule has 3 aromatic rings. The summed E-state index contributed by atoms with van der Waals surface area (Å²) in [6.45, 7) is 0. The number of hydrogen-bond donors (Lipinski definition) is 2. The largest absolute Gasteiger partial charge is 0.497 e. The number of nitriles is 1. The van der Waals surface area contributed by atoms with Crippen molar-refractivity contribution in [1.82, 2.24) is 4.98 Å². The number of nitrogens with one attached hydrogen (secondary N) is 2. The van der Waals surface area contributed by atoms with Crippen LogP contribution in [0.3, 0.4) is 0 Å². The zero-order valence-corrected chi connectivity index (χ0v) is 15.0. The van der Waals surface area contributed by atoms with Crippen LogP contribution in [-0.2, 0) is 0 Å². The van der Waals surface area contributed by atoms with E-state index in [0.717, 1.165) is 0 Å². The molecule has 0 aliphatic carbocycles. The summed E-state index contributed by atoms with van der Waals surface area (Å²) in [6, 6.07) is 18.3. The number of methoxy groups -OCH3 is 1. The van der Waals surface area contributed by atoms with Crippen molar-refractivity contribution in [3.63, 3.8) is 0 Å². The van der Waals surface area contributed by atoms with Gasteiger partial charge in [-0.1, -0.05) is 6.07 Å². The summed E-state index contributed by atoms with van der Waals surface area (Å²) in [4.78, 5) is 28.9. The molecule has 0 unspecified atom stereocenters. The highest BCUT2D eigenvalue weighted by atomic mass is 16.5. The zero-order chi connectivity index (χ0) is 19.9. The van der Waals surface area contributed by atoms with Crippen molar-refractivity contribution >= 4 is 23.2 Å². The SMILES string of the molecule is COc1cccc(NC(=O)c2ccnc(C(=O)Nc3ccc(C#N)cc3)c2)c1. The smallest absolute Gasteiger partial charge is 0.274 e. The van der Waals surface area contributed by atoms with Gasteiger partial charge in [0.1, 0.15) is 11.4 Å². The number of benzene rings is 2. The molecular formula is C21H16N4O3. The summed E-state index contributed by atoms with van der Waals surface area (Å²) in [7, 11) is 1.54. The molecule has 3 rings (SSSR count). The third-order valence-electron chi connectivity index (χ3n) is 3.85. The molecule has 0 atom stereocenters. The first-order valence-electron chi connectivity index (χ1n) is 8.32. The fourth-order valence-corrected chi connectivity index (χ4v) is 2.42. The highest BCUT2D eigenvalue weighted by molar-refractivity contribution is 6.07. The predicted octanol–water partition coefficient (Wildman–Crippen LogP) is 3.47. The Morgan fingerprint density at radius 2 is 1.71 bits per heavy atom. The number of rotatable bonds is 5. The van der Waals surface area contributed by atoms with Crippen molar-refractivity contribution in [1.29, 1.82) is 5.26 Å². The Morgan fingerprint density at radius 1 is 0.964 bits per heavy atom. The van der Waals surface area contributed by atoms with Crippen LogP contribution in [0.2, 0.25) is 0 Å². The van der Waals surface area contributed by atoms with Gasteiger partial charge in [0.05, 0.1) is 18.7 Å². The summed E-state index contributed by atoms with van der Waals surface area (Å²) in [5.41, 5.74) is 1.99. The number of hydrogen-bond acceptors (Lipinski definition) is 5. The highest BCUT2D eigenvalue weighted by Gasteiger charge is 2.13. The molecule has 138 valence electrons. The number of carbonyl (C=O) groups excluding carboxylic acids is 2. The Bertz CT molecular complexity index is 1060. The van der Waals surface area contributed by atoms with Crippen LogP contribution in [0, 0.1) is 11.3 Å². The Labute approximate surface area is 161 Å². The molecule has 0 spiro atoms. The fourth-order valence-electron chi connectivity index (χ4n) is 2.42. The van der Waals surface area contributed by atoms with Crippen LogP contribution in [0.5, 0.6) is 5.75 Å². The standard InChI is InChI=1S/C21H16N4O3/c1-28-18-4-2-3-17(12-18)25-20(26)15-9-10-23-19(11-15)21(27)24-16-7-5-14(13-22)6-8-16/h2-12H,1H3,(H,24,27)(H,25,26). The molecule has 0 saturated heterocycles. The molecule has 1 heterocycles. The predicted molar refractivity (Wildman–Crippen MR) is 104 cm³/mol. The number of aromatic nitrogens is 1. The van der Waals surface area contributed by atoms with Gasteiger partial charge in [0.2, 0.25) is 0 Å². The van der Waals surface area contributed by atoms with Gasteiger partial charge in [-0.15, -0.1) is 0 Å². The third kappa shape index (κ3) is 4.51. The molecule has 7 nitrogen and oxygen atoms in total. The van der Waals surface area contributed by atoms with Crippen LogP contribution in [0.15, 0.2) is 66.9 Å². The Balaban J connectivity index is 1.72. The van der Waals surface area contributed by atoms with Gasteiger partial charge in [-0.05, 0) is 48.5 Å². The molecule has 0 bridgehead atoms. The molecule has 0 saturated carbocycles. The van der Waals surface area contributed by atoms with Gasteiger partial charge in [-0.3, -0.25) is 14.6 Å². The Morgan fingerprint density at radius 3 is 2.43 bits per heavy atom. The van der Waals surface area contributed by atoms with E-state index in [4.69, 9.17) is 10.00 Å². The van der Waals surface area contributed by atoms with Gasteiger partial charge in [-0.2, -0.15) is 5.26 Å². The molecule has 28 heavy (non-hydrogen) atoms. The lowest BCUT2D eigenvalue weighted by Crippen LogP contribution is -2.17. The quantitative estimate of drug-likeness (QED) is 0.714. The van der Waals surface area contributed by atoms with E-state index in [9.17, 15) is 9.59 Å². The van der Waals surface area contributed by atoms with Gasteiger partial charge >= 0.3 is 0 Å². The fraction of sp³-hybridized carbons (Fsp3) is 0.0476. The van der Waals surface area contributed by atoms with Gasteiger partial charge < -0.3 is 15.4 Å². The second-order valence-corrected chi connectivity index (χ2v) is 5.76. The minimum Gasteiger partial charge on any atom is -0.497 e. The lowest BCUT2D eigenvalue weighted by Gasteiger charge is -2.08. The number of anilines is 2. The van der Waals surface area contributed by atoms with Crippen molar-refractivity contribution in [3.05, 3.63) is 83.7 Å². The van der Waals surface area contributed by atoms with E-state index >= 15 is 0 Å². The first-order valence-corrected chi connectivity index (χ1v) is 8.32. The second kappa shape index (κ2) is 8.47. The number of pyridine rings is 1. The maximum absolute atomic E-state index is 12.5. The van der Waals surface area contributed by atoms with Crippen LogP contribution in [0.4, 0.5) is 11.4 Å². The molecule has 2 aromatic carbocycles. The van der Waals surface area contributed by atoms with Crippen molar-refractivity contribution in [2.45, 2.75) is 0 Å². The van der Waals surface area contributed by atoms with Gasteiger partial charge in [-0.25, -0.2) is 0 Å². The number of nitrogens with zero attached hydrogens (tertiary/aromatic N) is 2. The van der Waals surface area contributed by atoms with Gasteiger partial charge in [0, 0.05) is 29.2 Å². The average molecular weight is 372 g/mol. The molecule has 2 amide bonds. The minimum absolute atomic E-state index is 0.0997. The van der Waals surface area contributed by atoms with Crippen molar-refractivity contribution in [3.8, 4) is 11.8 Å². The maximum Gasteiger partial charge on any atom is 0.274 e. The van der Waals surface area contributed by atoms with E-state index in [-0.39, 0.29) is 11.6 Å². The van der Waals surface area contributed by atoms with Crippen LogP contribution in [0.25, 0.3) is 0 Å². The normalized spacial score (nSPS) is 9.86. The molecule has 0 fully saturated rings. The molecular weight excluding hydrogens is 356 g/mol. The molecule has 1 aromatic heterocycles. The summed E-state index contributed by atoms with van der Waals surface area (Å²) < 4.78 is 5.13. The number of ether oxygens (including phenoxy) is 1. The monoisotopic (exact) mass is 372 g/mol. The number of amides is 2. The molecule has 2 N–H and O–H groups in total. The van der Waals surface area contributed by atoms with Crippen molar-refractivity contribution in [2.24, 2.45) is 0 Å². The lowest BCUT2D eigenvalue weighted by atomic mass is 10.2. The van der Waals surface area contributed by atoms with Crippen LogP contribution in [0.1, 0.15) is 26.4 Å². The van der Waals surface area contributed by atoms with E-state index in [1.54, 1.807) is 55.6 Å². The summed E-state index contributed by atoms with van der Waals surface area (Å²) in [5, 5.41) is 14.2. The van der Waals surface area contributed by atoms with Crippen molar-refractivity contribution in [2.75, 3.05) is 17.7 Å². The van der Waals surface area contributed by atoms with E-state index in [0.29, 0.717) is 28.3 Å². The van der Waals surface area contributed by atoms with Crippen molar-refractivity contribution < 1.29 is 14.3 Å². The molecule has 0 aliphatic heterocycles. The Hall–Kier alpha value is -4.18. The van der Waals surface area contributed by atoms with E-state index in [1.807, 2.05) is 6.07 Å². The van der Waals surface area contributed by atoms with Gasteiger partial charge in [0.25, 0.3) is 11.8 Å². The second-order valence-electron chi connectivity index (χ2n) is 5.76. The minimum atomic E-state index is -0.458. The van der Waals surface area contributed by atoms with E-state index in [1.165, 1.54) is 18.3 Å². The molecule has 0 radical (unpaired) electrons. The van der Waals surface area contributed by atoms with Gasteiger partial charge in [0.15, 0.2) is 0 Å². The highest BCUT2D eigenvalue weighted by Crippen LogP contribution is 2.18. The number of carbonyl (C=O) groups is 2.